The second kappa shape index (κ2) is 6.67. The van der Waals surface area contributed by atoms with Gasteiger partial charge in [0.1, 0.15) is 11.3 Å². The Bertz CT molecular complexity index is 664. The lowest BCUT2D eigenvalue weighted by Crippen LogP contribution is -2.22. The van der Waals surface area contributed by atoms with E-state index in [0.717, 1.165) is 0 Å². The van der Waals surface area contributed by atoms with Gasteiger partial charge in [0.2, 0.25) is 5.95 Å². The van der Waals surface area contributed by atoms with Crippen LogP contribution in [0.25, 0.3) is 0 Å². The Morgan fingerprint density at radius 1 is 1.29 bits per heavy atom. The third-order valence-corrected chi connectivity index (χ3v) is 2.58. The van der Waals surface area contributed by atoms with Crippen LogP contribution in [0.3, 0.4) is 0 Å². The number of hydrogen-bond donors (Lipinski definition) is 2. The number of halogens is 1. The molecule has 0 fully saturated rings. The minimum absolute atomic E-state index is 0.0131. The third-order valence-electron chi connectivity index (χ3n) is 2.35. The number of rotatable bonds is 5. The van der Waals surface area contributed by atoms with Crippen molar-refractivity contribution in [1.29, 1.82) is 0 Å². The number of aromatic nitrogens is 2. The van der Waals surface area contributed by atoms with Gasteiger partial charge in [0.05, 0.1) is 0 Å². The lowest BCUT2D eigenvalue weighted by molar-refractivity contribution is -0.118. The molecule has 0 spiro atoms. The van der Waals surface area contributed by atoms with Crippen molar-refractivity contribution < 1.29 is 19.4 Å². The average molecular weight is 308 g/mol. The molecule has 8 heteroatoms. The van der Waals surface area contributed by atoms with E-state index in [2.05, 4.69) is 15.3 Å². The molecule has 2 aromatic rings. The van der Waals surface area contributed by atoms with Crippen molar-refractivity contribution >= 4 is 29.4 Å². The van der Waals surface area contributed by atoms with Gasteiger partial charge in [0, 0.05) is 17.4 Å². The molecular weight excluding hydrogens is 298 g/mol. The molecule has 0 aliphatic heterocycles. The van der Waals surface area contributed by atoms with E-state index in [0.29, 0.717) is 5.02 Å². The highest BCUT2D eigenvalue weighted by Crippen LogP contribution is 2.23. The molecule has 0 unspecified atom stereocenters. The molecule has 21 heavy (non-hydrogen) atoms. The van der Waals surface area contributed by atoms with Gasteiger partial charge in [-0.2, -0.15) is 0 Å². The number of aromatic carboxylic acids is 1. The average Bonchev–Trinajstić information content (AvgIpc) is 2.46. The molecule has 1 heterocycles. The van der Waals surface area contributed by atoms with Crippen LogP contribution in [0.1, 0.15) is 10.4 Å². The molecule has 2 N–H and O–H groups in total. The summed E-state index contributed by atoms with van der Waals surface area (Å²) in [5.41, 5.74) is -0.0804. The predicted molar refractivity (Wildman–Crippen MR) is 74.6 cm³/mol. The number of carbonyl (C=O) groups excluding carboxylic acids is 1. The fraction of sp³-hybridized carbons (Fsp3) is 0.0769. The molecule has 0 aliphatic rings. The van der Waals surface area contributed by atoms with E-state index >= 15 is 0 Å². The van der Waals surface area contributed by atoms with Crippen LogP contribution in [0.15, 0.2) is 36.7 Å². The fourth-order valence-corrected chi connectivity index (χ4v) is 1.62. The largest absolute Gasteiger partial charge is 0.483 e. The minimum Gasteiger partial charge on any atom is -0.483 e. The maximum absolute atomic E-state index is 11.7. The Morgan fingerprint density at radius 2 is 2.00 bits per heavy atom. The van der Waals surface area contributed by atoms with Gasteiger partial charge in [-0.3, -0.25) is 10.1 Å². The molecule has 0 aliphatic carbocycles. The molecule has 0 atom stereocenters. The quantitative estimate of drug-likeness (QED) is 0.874. The number of carboxylic acid groups (broad SMARTS) is 1. The van der Waals surface area contributed by atoms with Gasteiger partial charge in [-0.1, -0.05) is 11.6 Å². The van der Waals surface area contributed by atoms with Crippen molar-refractivity contribution in [3.8, 4) is 5.75 Å². The summed E-state index contributed by atoms with van der Waals surface area (Å²) in [6.07, 6.45) is 2.95. The zero-order valence-corrected chi connectivity index (χ0v) is 11.4. The summed E-state index contributed by atoms with van der Waals surface area (Å²) in [5.74, 6) is -1.54. The van der Waals surface area contributed by atoms with Gasteiger partial charge < -0.3 is 9.84 Å². The van der Waals surface area contributed by atoms with Crippen LogP contribution in [-0.2, 0) is 4.79 Å². The van der Waals surface area contributed by atoms with Gasteiger partial charge >= 0.3 is 5.97 Å². The van der Waals surface area contributed by atoms with E-state index in [1.54, 1.807) is 6.07 Å². The van der Waals surface area contributed by atoms with E-state index < -0.39 is 18.5 Å². The van der Waals surface area contributed by atoms with Crippen molar-refractivity contribution in [2.45, 2.75) is 0 Å². The molecule has 0 radical (unpaired) electrons. The van der Waals surface area contributed by atoms with Crippen molar-refractivity contribution in [2.75, 3.05) is 11.9 Å². The number of nitrogens with zero attached hydrogens (tertiary/aromatic N) is 2. The Labute approximate surface area is 124 Å². The first-order valence-corrected chi connectivity index (χ1v) is 6.16. The Hall–Kier alpha value is -2.67. The van der Waals surface area contributed by atoms with E-state index in [9.17, 15) is 9.59 Å². The maximum Gasteiger partial charge on any atom is 0.339 e. The lowest BCUT2D eigenvalue weighted by Gasteiger charge is -2.09. The number of ether oxygens (including phenoxy) is 1. The van der Waals surface area contributed by atoms with E-state index in [4.69, 9.17) is 21.4 Å². The molecule has 0 saturated heterocycles. The number of carbonyl (C=O) groups is 2. The van der Waals surface area contributed by atoms with Crippen LogP contribution < -0.4 is 10.1 Å². The second-order valence-electron chi connectivity index (χ2n) is 3.85. The summed E-state index contributed by atoms with van der Waals surface area (Å²) < 4.78 is 5.18. The van der Waals surface area contributed by atoms with Gasteiger partial charge in [-0.05, 0) is 24.3 Å². The number of nitrogens with one attached hydrogen (secondary N) is 1. The van der Waals surface area contributed by atoms with Gasteiger partial charge in [-0.15, -0.1) is 0 Å². The molecular formula is C13H10ClN3O4. The fourth-order valence-electron chi connectivity index (χ4n) is 1.46. The summed E-state index contributed by atoms with van der Waals surface area (Å²) in [6.45, 7) is -0.390. The van der Waals surface area contributed by atoms with Crippen LogP contribution >= 0.6 is 11.6 Å². The number of anilines is 1. The first-order chi connectivity index (χ1) is 10.1. The summed E-state index contributed by atoms with van der Waals surface area (Å²) in [6, 6.07) is 5.67. The molecule has 0 bridgehead atoms. The second-order valence-corrected chi connectivity index (χ2v) is 4.29. The molecule has 2 rings (SSSR count). The Kier molecular flexibility index (Phi) is 4.68. The van der Waals surface area contributed by atoms with Gasteiger partial charge in [0.25, 0.3) is 5.91 Å². The van der Waals surface area contributed by atoms with E-state index in [-0.39, 0.29) is 17.3 Å². The van der Waals surface area contributed by atoms with Crippen molar-refractivity contribution in [3.05, 3.63) is 47.2 Å². The highest BCUT2D eigenvalue weighted by Gasteiger charge is 2.13. The van der Waals surface area contributed by atoms with Crippen LogP contribution in [0.5, 0.6) is 5.75 Å². The zero-order valence-electron chi connectivity index (χ0n) is 10.6. The molecule has 0 saturated carbocycles. The number of benzene rings is 1. The molecule has 7 nitrogen and oxygen atoms in total. The van der Waals surface area contributed by atoms with Crippen LogP contribution in [0.2, 0.25) is 5.02 Å². The molecule has 1 amide bonds. The maximum atomic E-state index is 11.7. The molecule has 1 aromatic carbocycles. The molecule has 1 aromatic heterocycles. The summed E-state index contributed by atoms with van der Waals surface area (Å²) in [4.78, 5) is 30.3. The first-order valence-electron chi connectivity index (χ1n) is 5.79. The predicted octanol–water partition coefficient (Wildman–Crippen LogP) is 1.85. The van der Waals surface area contributed by atoms with E-state index in [1.165, 1.54) is 30.6 Å². The van der Waals surface area contributed by atoms with Crippen LogP contribution in [0.4, 0.5) is 5.95 Å². The van der Waals surface area contributed by atoms with Crippen molar-refractivity contribution in [3.63, 3.8) is 0 Å². The molecule has 108 valence electrons. The highest BCUT2D eigenvalue weighted by atomic mass is 35.5. The normalized spacial score (nSPS) is 9.95. The first kappa shape index (κ1) is 14.7. The SMILES string of the molecule is O=C(COc1cc(Cl)ccc1C(=O)O)Nc1ncccn1. The Balaban J connectivity index is 2.01. The zero-order chi connectivity index (χ0) is 15.2. The smallest absolute Gasteiger partial charge is 0.339 e. The Morgan fingerprint density at radius 3 is 2.67 bits per heavy atom. The van der Waals surface area contributed by atoms with Gasteiger partial charge in [0.15, 0.2) is 6.61 Å². The summed E-state index contributed by atoms with van der Waals surface area (Å²) in [5, 5.41) is 11.7. The minimum atomic E-state index is -1.17. The monoisotopic (exact) mass is 307 g/mol. The number of carboxylic acids is 1. The van der Waals surface area contributed by atoms with Crippen LogP contribution in [0, 0.1) is 0 Å². The van der Waals surface area contributed by atoms with Crippen molar-refractivity contribution in [2.24, 2.45) is 0 Å². The van der Waals surface area contributed by atoms with Crippen molar-refractivity contribution in [1.82, 2.24) is 9.97 Å². The standard InChI is InChI=1S/C13H10ClN3O4/c14-8-2-3-9(12(19)20)10(6-8)21-7-11(18)17-13-15-4-1-5-16-13/h1-6H,7H2,(H,19,20)(H,15,16,17,18). The lowest BCUT2D eigenvalue weighted by atomic mass is 10.2. The highest BCUT2D eigenvalue weighted by molar-refractivity contribution is 6.30. The number of hydrogen-bond acceptors (Lipinski definition) is 5. The van der Waals surface area contributed by atoms with E-state index in [1.807, 2.05) is 0 Å². The van der Waals surface area contributed by atoms with Crippen LogP contribution in [-0.4, -0.2) is 33.6 Å². The number of amides is 1. The summed E-state index contributed by atoms with van der Waals surface area (Å²) in [7, 11) is 0. The van der Waals surface area contributed by atoms with Gasteiger partial charge in [-0.25, -0.2) is 14.8 Å². The summed E-state index contributed by atoms with van der Waals surface area (Å²) >= 11 is 5.77. The third kappa shape index (κ3) is 4.15. The topological polar surface area (TPSA) is 101 Å².